The Labute approximate surface area is 103 Å². The Balaban J connectivity index is 2.60. The molecule has 0 saturated carbocycles. The number of thiol groups is 1. The van der Waals surface area contributed by atoms with E-state index in [1.54, 1.807) is 0 Å². The quantitative estimate of drug-likeness (QED) is 0.269. The molecule has 0 fully saturated rings. The molecule has 80 valence electrons. The Morgan fingerprint density at radius 3 is 2.88 bits per heavy atom. The molecule has 2 aromatic carbocycles. The monoisotopic (exact) mass is 247 g/mol. The molecule has 0 heterocycles. The van der Waals surface area contributed by atoms with Crippen molar-refractivity contribution in [1.82, 2.24) is 0 Å². The molecule has 0 aliphatic rings. The Bertz CT molecular complexity index is 589. The Morgan fingerprint density at radius 2 is 2.12 bits per heavy atom. The fourth-order valence-corrected chi connectivity index (χ4v) is 2.47. The van der Waals surface area contributed by atoms with E-state index in [-0.39, 0.29) is 0 Å². The predicted octanol–water partition coefficient (Wildman–Crippen LogP) is 4.75. The van der Waals surface area contributed by atoms with Gasteiger partial charge >= 0.3 is 0 Å². The second-order valence-electron chi connectivity index (χ2n) is 3.43. The Morgan fingerprint density at radius 1 is 1.31 bits per heavy atom. The number of rotatable bonds is 2. The van der Waals surface area contributed by atoms with Crippen molar-refractivity contribution in [3.8, 4) is 0 Å². The first kappa shape index (κ1) is 11.2. The van der Waals surface area contributed by atoms with Crippen LogP contribution in [0.5, 0.6) is 0 Å². The van der Waals surface area contributed by atoms with Crippen molar-refractivity contribution < 1.29 is 0 Å². The van der Waals surface area contributed by atoms with Crippen LogP contribution in [0.2, 0.25) is 0 Å². The molecule has 0 amide bonds. The van der Waals surface area contributed by atoms with E-state index in [0.29, 0.717) is 0 Å². The van der Waals surface area contributed by atoms with Crippen LogP contribution < -0.4 is 0 Å². The van der Waals surface area contributed by atoms with Crippen molar-refractivity contribution in [2.45, 2.75) is 16.7 Å². The average molecular weight is 247 g/mol. The number of hydrogen-bond donors (Lipinski definition) is 1. The zero-order valence-electron chi connectivity index (χ0n) is 8.58. The van der Waals surface area contributed by atoms with Gasteiger partial charge in [0.05, 0.1) is 0 Å². The molecule has 2 rings (SSSR count). The number of hydrogen-bond acceptors (Lipinski definition) is 3. The number of fused-ring (bicyclic) bond motifs is 1. The number of nitrogens with zero attached hydrogens (tertiary/aromatic N) is 3. The molecule has 0 spiro atoms. The predicted molar refractivity (Wildman–Crippen MR) is 70.9 cm³/mol. The molecule has 0 radical (unpaired) electrons. The summed E-state index contributed by atoms with van der Waals surface area (Å²) in [5.41, 5.74) is 9.47. The van der Waals surface area contributed by atoms with Crippen LogP contribution >= 0.6 is 24.6 Å². The summed E-state index contributed by atoms with van der Waals surface area (Å²) >= 11 is 5.54. The fourth-order valence-electron chi connectivity index (χ4n) is 1.56. The van der Waals surface area contributed by atoms with E-state index in [2.05, 4.69) is 40.3 Å². The first-order valence-corrected chi connectivity index (χ1v) is 5.87. The van der Waals surface area contributed by atoms with Gasteiger partial charge in [0.15, 0.2) is 0 Å². The van der Waals surface area contributed by atoms with Crippen LogP contribution in [-0.4, -0.2) is 0 Å². The second-order valence-corrected chi connectivity index (χ2v) is 4.73. The lowest BCUT2D eigenvalue weighted by Crippen LogP contribution is -1.79. The fraction of sp³-hybridized carbons (Fsp3) is 0.0909. The van der Waals surface area contributed by atoms with Crippen molar-refractivity contribution in [3.63, 3.8) is 0 Å². The molecule has 0 aliphatic heterocycles. The first-order valence-electron chi connectivity index (χ1n) is 4.65. The minimum Gasteiger partial charge on any atom is -0.143 e. The highest BCUT2D eigenvalue weighted by molar-refractivity contribution is 7.98. The molecule has 0 aromatic heterocycles. The van der Waals surface area contributed by atoms with Crippen molar-refractivity contribution in [1.29, 1.82) is 0 Å². The van der Waals surface area contributed by atoms with Gasteiger partial charge in [-0.2, -0.15) is 0 Å². The maximum absolute atomic E-state index is 8.27. The standard InChI is InChI=1S/C11H9N3S2/c1-7-2-3-10-8(4-7)5-9(6-11(10)15)16-14-13-12/h2-6,15H,1H3. The summed E-state index contributed by atoms with van der Waals surface area (Å²) in [4.78, 5) is 4.52. The minimum atomic E-state index is 0.896. The van der Waals surface area contributed by atoms with Crippen LogP contribution in [0.1, 0.15) is 5.56 Å². The van der Waals surface area contributed by atoms with E-state index in [1.807, 2.05) is 19.1 Å². The summed E-state index contributed by atoms with van der Waals surface area (Å²) in [5, 5.41) is 2.22. The molecular formula is C11H9N3S2. The van der Waals surface area contributed by atoms with E-state index in [0.717, 1.165) is 32.5 Å². The van der Waals surface area contributed by atoms with Crippen molar-refractivity contribution in [2.24, 2.45) is 4.52 Å². The van der Waals surface area contributed by atoms with Gasteiger partial charge in [0, 0.05) is 14.7 Å². The summed E-state index contributed by atoms with van der Waals surface area (Å²) < 4.78 is 3.48. The van der Waals surface area contributed by atoms with Gasteiger partial charge in [-0.25, -0.2) is 0 Å². The molecule has 0 saturated heterocycles. The van der Waals surface area contributed by atoms with Gasteiger partial charge in [-0.3, -0.25) is 0 Å². The van der Waals surface area contributed by atoms with Crippen molar-refractivity contribution >= 4 is 35.3 Å². The maximum atomic E-state index is 8.27. The first-order chi connectivity index (χ1) is 7.70. The van der Waals surface area contributed by atoms with Crippen LogP contribution in [0.15, 0.2) is 44.6 Å². The van der Waals surface area contributed by atoms with Crippen molar-refractivity contribution in [3.05, 3.63) is 46.3 Å². The maximum Gasteiger partial charge on any atom is 0.0163 e. The zero-order chi connectivity index (χ0) is 11.5. The van der Waals surface area contributed by atoms with Gasteiger partial charge in [0.25, 0.3) is 0 Å². The van der Waals surface area contributed by atoms with Gasteiger partial charge in [-0.1, -0.05) is 23.8 Å². The molecule has 0 atom stereocenters. The molecular weight excluding hydrogens is 238 g/mol. The van der Waals surface area contributed by atoms with E-state index in [1.165, 1.54) is 5.56 Å². The topological polar surface area (TPSA) is 48.8 Å². The molecule has 5 heteroatoms. The normalized spacial score (nSPS) is 10.1. The van der Waals surface area contributed by atoms with Gasteiger partial charge in [0.1, 0.15) is 0 Å². The Hall–Kier alpha value is -1.29. The smallest absolute Gasteiger partial charge is 0.0163 e. The summed E-state index contributed by atoms with van der Waals surface area (Å²) in [6, 6.07) is 10.1. The summed E-state index contributed by atoms with van der Waals surface area (Å²) in [6.45, 7) is 2.05. The molecule has 0 N–H and O–H groups in total. The zero-order valence-corrected chi connectivity index (χ0v) is 10.3. The lowest BCUT2D eigenvalue weighted by Gasteiger charge is -2.05. The SMILES string of the molecule is Cc1ccc2c(S)cc(SN=[N+]=[N-])cc2c1. The van der Waals surface area contributed by atoms with Crippen molar-refractivity contribution in [2.75, 3.05) is 0 Å². The van der Waals surface area contributed by atoms with Crippen LogP contribution in [0, 0.1) is 6.92 Å². The molecule has 16 heavy (non-hydrogen) atoms. The third-order valence-electron chi connectivity index (χ3n) is 2.24. The van der Waals surface area contributed by atoms with Crippen LogP contribution in [0.25, 0.3) is 21.2 Å². The van der Waals surface area contributed by atoms with E-state index >= 15 is 0 Å². The van der Waals surface area contributed by atoms with Gasteiger partial charge < -0.3 is 0 Å². The molecule has 3 nitrogen and oxygen atoms in total. The Kier molecular flexibility index (Phi) is 3.29. The van der Waals surface area contributed by atoms with E-state index in [9.17, 15) is 0 Å². The summed E-state index contributed by atoms with van der Waals surface area (Å²) in [7, 11) is 0. The van der Waals surface area contributed by atoms with E-state index in [4.69, 9.17) is 5.53 Å². The number of aryl methyl sites for hydroxylation is 1. The molecule has 0 aliphatic carbocycles. The van der Waals surface area contributed by atoms with Crippen LogP contribution in [0.4, 0.5) is 0 Å². The van der Waals surface area contributed by atoms with Gasteiger partial charge in [-0.15, -0.1) is 12.6 Å². The largest absolute Gasteiger partial charge is 0.143 e. The molecule has 0 unspecified atom stereocenters. The highest BCUT2D eigenvalue weighted by Crippen LogP contribution is 2.30. The summed E-state index contributed by atoms with van der Waals surface area (Å²) in [5.74, 6) is 0. The lowest BCUT2D eigenvalue weighted by molar-refractivity contribution is 1.38. The van der Waals surface area contributed by atoms with Crippen LogP contribution in [0.3, 0.4) is 0 Å². The highest BCUT2D eigenvalue weighted by atomic mass is 32.2. The third-order valence-corrected chi connectivity index (χ3v) is 3.21. The second kappa shape index (κ2) is 4.70. The number of benzene rings is 2. The average Bonchev–Trinajstić information content (AvgIpc) is 2.25. The van der Waals surface area contributed by atoms with Gasteiger partial charge in [0.2, 0.25) is 0 Å². The minimum absolute atomic E-state index is 0.896. The summed E-state index contributed by atoms with van der Waals surface area (Å²) in [6.07, 6.45) is 0. The van der Waals surface area contributed by atoms with Crippen LogP contribution in [-0.2, 0) is 0 Å². The number of azide groups is 1. The molecule has 0 bridgehead atoms. The third kappa shape index (κ3) is 2.27. The van der Waals surface area contributed by atoms with Gasteiger partial charge in [-0.05, 0) is 51.8 Å². The molecule has 2 aromatic rings. The lowest BCUT2D eigenvalue weighted by atomic mass is 10.1. The highest BCUT2D eigenvalue weighted by Gasteiger charge is 2.01. The van der Waals surface area contributed by atoms with E-state index < -0.39 is 0 Å².